The molecule has 0 unspecified atom stereocenters. The summed E-state index contributed by atoms with van der Waals surface area (Å²) in [5, 5.41) is 8.47. The van der Waals surface area contributed by atoms with E-state index >= 15 is 0 Å². The summed E-state index contributed by atoms with van der Waals surface area (Å²) in [4.78, 5) is 8.12. The zero-order chi connectivity index (χ0) is 16.0. The molecule has 0 saturated carbocycles. The van der Waals surface area contributed by atoms with E-state index in [-0.39, 0.29) is 0 Å². The largest absolute Gasteiger partial charge is 0.497 e. The smallest absolute Gasteiger partial charge is 0.159 e. The Morgan fingerprint density at radius 3 is 2.78 bits per heavy atom. The van der Waals surface area contributed by atoms with Crippen LogP contribution in [0.4, 0.5) is 0 Å². The van der Waals surface area contributed by atoms with Gasteiger partial charge in [0.2, 0.25) is 0 Å². The van der Waals surface area contributed by atoms with Crippen LogP contribution in [0, 0.1) is 6.92 Å². The number of benzene rings is 2. The molecule has 0 aliphatic rings. The first-order valence-electron chi connectivity index (χ1n) is 7.71. The Balaban J connectivity index is 1.91. The van der Waals surface area contributed by atoms with Crippen molar-refractivity contribution in [1.82, 2.24) is 20.2 Å². The normalized spacial score (nSPS) is 11.4. The number of fused-ring (bicyclic) bond motifs is 2. The number of nitrogens with zero attached hydrogens (tertiary/aromatic N) is 2. The maximum absolute atomic E-state index is 5.32. The van der Waals surface area contributed by atoms with Crippen LogP contribution in [0.2, 0.25) is 0 Å². The van der Waals surface area contributed by atoms with Crippen molar-refractivity contribution in [2.75, 3.05) is 7.11 Å². The first-order valence-corrected chi connectivity index (χ1v) is 7.71. The van der Waals surface area contributed by atoms with Crippen LogP contribution < -0.4 is 4.74 Å². The monoisotopic (exact) mass is 306 g/mol. The number of ether oxygens (including phenoxy) is 1. The average molecular weight is 306 g/mol. The summed E-state index contributed by atoms with van der Waals surface area (Å²) in [5.41, 5.74) is 6.39. The van der Waals surface area contributed by atoms with Crippen molar-refractivity contribution in [2.45, 2.75) is 20.3 Å². The van der Waals surface area contributed by atoms with E-state index in [0.717, 1.165) is 45.6 Å². The maximum Gasteiger partial charge on any atom is 0.159 e. The molecule has 0 saturated heterocycles. The Bertz CT molecular complexity index is 1010. The number of methoxy groups -OCH3 is 1. The Morgan fingerprint density at radius 2 is 2.00 bits per heavy atom. The van der Waals surface area contributed by atoms with Gasteiger partial charge < -0.3 is 9.72 Å². The van der Waals surface area contributed by atoms with E-state index < -0.39 is 0 Å². The highest BCUT2D eigenvalue weighted by atomic mass is 16.5. The number of hydrogen-bond acceptors (Lipinski definition) is 3. The van der Waals surface area contributed by atoms with Crippen LogP contribution in [0.1, 0.15) is 18.1 Å². The highest BCUT2D eigenvalue weighted by molar-refractivity contribution is 5.94. The van der Waals surface area contributed by atoms with Crippen LogP contribution in [-0.4, -0.2) is 27.3 Å². The van der Waals surface area contributed by atoms with Crippen molar-refractivity contribution >= 4 is 21.9 Å². The summed E-state index contributed by atoms with van der Waals surface area (Å²) in [6, 6.07) is 10.2. The quantitative estimate of drug-likeness (QED) is 0.601. The molecule has 0 bridgehead atoms. The zero-order valence-corrected chi connectivity index (χ0v) is 13.4. The van der Waals surface area contributed by atoms with Gasteiger partial charge in [-0.15, -0.1) is 0 Å². The third kappa shape index (κ3) is 2.16. The molecule has 0 fully saturated rings. The van der Waals surface area contributed by atoms with Crippen LogP contribution in [0.5, 0.6) is 5.75 Å². The Labute approximate surface area is 133 Å². The van der Waals surface area contributed by atoms with Crippen LogP contribution in [0.3, 0.4) is 0 Å². The fourth-order valence-corrected chi connectivity index (χ4v) is 3.00. The Kier molecular flexibility index (Phi) is 3.08. The van der Waals surface area contributed by atoms with Gasteiger partial charge in [0.25, 0.3) is 0 Å². The van der Waals surface area contributed by atoms with Gasteiger partial charge >= 0.3 is 0 Å². The first kappa shape index (κ1) is 13.8. The first-order chi connectivity index (χ1) is 11.2. The van der Waals surface area contributed by atoms with Gasteiger partial charge in [-0.25, -0.2) is 4.98 Å². The molecule has 2 N–H and O–H groups in total. The van der Waals surface area contributed by atoms with Crippen molar-refractivity contribution < 1.29 is 4.74 Å². The van der Waals surface area contributed by atoms with Gasteiger partial charge in [0.15, 0.2) is 5.82 Å². The van der Waals surface area contributed by atoms with E-state index in [2.05, 4.69) is 41.2 Å². The van der Waals surface area contributed by atoms with Crippen LogP contribution in [0.15, 0.2) is 30.3 Å². The lowest BCUT2D eigenvalue weighted by Gasteiger charge is -2.01. The third-order valence-corrected chi connectivity index (χ3v) is 4.31. The molecule has 0 aliphatic carbocycles. The number of aryl methyl sites for hydroxylation is 2. The molecule has 23 heavy (non-hydrogen) atoms. The van der Waals surface area contributed by atoms with Gasteiger partial charge in [0.05, 0.1) is 23.7 Å². The summed E-state index contributed by atoms with van der Waals surface area (Å²) in [5.74, 6) is 1.58. The van der Waals surface area contributed by atoms with Gasteiger partial charge in [0.1, 0.15) is 11.4 Å². The molecule has 0 spiro atoms. The van der Waals surface area contributed by atoms with E-state index in [4.69, 9.17) is 9.72 Å². The van der Waals surface area contributed by atoms with E-state index in [1.54, 1.807) is 7.11 Å². The molecule has 0 radical (unpaired) electrons. The number of imidazole rings is 1. The Hall–Kier alpha value is -2.82. The molecule has 4 rings (SSSR count). The highest BCUT2D eigenvalue weighted by Crippen LogP contribution is 2.29. The van der Waals surface area contributed by atoms with Crippen LogP contribution >= 0.6 is 0 Å². The zero-order valence-electron chi connectivity index (χ0n) is 13.4. The predicted molar refractivity (Wildman–Crippen MR) is 91.8 cm³/mol. The number of nitrogens with one attached hydrogen (secondary N) is 2. The number of aromatic nitrogens is 4. The van der Waals surface area contributed by atoms with Crippen molar-refractivity contribution in [1.29, 1.82) is 0 Å². The molecule has 2 aromatic carbocycles. The molecule has 5 heteroatoms. The number of rotatable bonds is 3. The Morgan fingerprint density at radius 1 is 1.13 bits per heavy atom. The van der Waals surface area contributed by atoms with Gasteiger partial charge in [-0.3, -0.25) is 5.10 Å². The maximum atomic E-state index is 5.32. The van der Waals surface area contributed by atoms with Crippen LogP contribution in [0.25, 0.3) is 33.5 Å². The second-order valence-corrected chi connectivity index (χ2v) is 5.72. The van der Waals surface area contributed by atoms with E-state index in [1.165, 1.54) is 11.1 Å². The number of aromatic amines is 2. The summed E-state index contributed by atoms with van der Waals surface area (Å²) < 4.78 is 5.32. The molecular formula is C18H18N4O. The molecule has 116 valence electrons. The molecule has 0 aliphatic heterocycles. The molecule has 0 amide bonds. The molecule has 0 atom stereocenters. The van der Waals surface area contributed by atoms with Gasteiger partial charge in [-0.2, -0.15) is 5.10 Å². The molecule has 2 heterocycles. The van der Waals surface area contributed by atoms with E-state index in [9.17, 15) is 0 Å². The minimum atomic E-state index is 0.771. The van der Waals surface area contributed by atoms with Crippen molar-refractivity contribution in [3.8, 4) is 17.3 Å². The van der Waals surface area contributed by atoms with Crippen LogP contribution in [-0.2, 0) is 6.42 Å². The van der Waals surface area contributed by atoms with Crippen molar-refractivity contribution in [2.24, 2.45) is 0 Å². The minimum absolute atomic E-state index is 0.771. The molecular weight excluding hydrogens is 288 g/mol. The SMILES string of the molecule is CCc1cc2nc(-c3n[nH]c4ccc(OC)cc34)[nH]c2cc1C. The molecule has 2 aromatic heterocycles. The second kappa shape index (κ2) is 5.12. The van der Waals surface area contributed by atoms with Gasteiger partial charge in [0, 0.05) is 5.39 Å². The number of H-pyrrole nitrogens is 2. The lowest BCUT2D eigenvalue weighted by molar-refractivity contribution is 0.415. The third-order valence-electron chi connectivity index (χ3n) is 4.31. The van der Waals surface area contributed by atoms with Gasteiger partial charge in [-0.05, 0) is 54.8 Å². The lowest BCUT2D eigenvalue weighted by atomic mass is 10.1. The summed E-state index contributed by atoms with van der Waals surface area (Å²) >= 11 is 0. The molecule has 4 aromatic rings. The summed E-state index contributed by atoms with van der Waals surface area (Å²) in [7, 11) is 1.66. The van der Waals surface area contributed by atoms with Gasteiger partial charge in [-0.1, -0.05) is 6.92 Å². The standard InChI is InChI=1S/C18H18N4O/c1-4-11-8-16-15(7-10(11)2)19-18(20-16)17-13-9-12(23-3)5-6-14(13)21-22-17/h5-9H,4H2,1-3H3,(H,19,20)(H,21,22). The fraction of sp³-hybridized carbons (Fsp3) is 0.222. The predicted octanol–water partition coefficient (Wildman–Crippen LogP) is 3.99. The molecule has 5 nitrogen and oxygen atoms in total. The van der Waals surface area contributed by atoms with E-state index in [1.807, 2.05) is 18.2 Å². The number of hydrogen-bond donors (Lipinski definition) is 2. The topological polar surface area (TPSA) is 66.6 Å². The van der Waals surface area contributed by atoms with E-state index in [0.29, 0.717) is 0 Å². The minimum Gasteiger partial charge on any atom is -0.497 e. The lowest BCUT2D eigenvalue weighted by Crippen LogP contribution is -1.85. The van der Waals surface area contributed by atoms with Crippen molar-refractivity contribution in [3.63, 3.8) is 0 Å². The van der Waals surface area contributed by atoms with Crippen molar-refractivity contribution in [3.05, 3.63) is 41.5 Å². The highest BCUT2D eigenvalue weighted by Gasteiger charge is 2.14. The fourth-order valence-electron chi connectivity index (χ4n) is 3.00. The average Bonchev–Trinajstić information content (AvgIpc) is 3.16. The second-order valence-electron chi connectivity index (χ2n) is 5.72. The summed E-state index contributed by atoms with van der Waals surface area (Å²) in [6.07, 6.45) is 1.01. The summed E-state index contributed by atoms with van der Waals surface area (Å²) in [6.45, 7) is 4.29.